The Hall–Kier alpha value is -3.13. The molecule has 4 heterocycles. The lowest BCUT2D eigenvalue weighted by Gasteiger charge is -2.37. The van der Waals surface area contributed by atoms with Crippen LogP contribution in [0.25, 0.3) is 0 Å². The first-order chi connectivity index (χ1) is 15.5. The highest BCUT2D eigenvalue weighted by molar-refractivity contribution is 7.12. The third-order valence-electron chi connectivity index (χ3n) is 6.43. The van der Waals surface area contributed by atoms with Gasteiger partial charge in [-0.25, -0.2) is 0 Å². The van der Waals surface area contributed by atoms with Crippen LogP contribution in [0.4, 0.5) is 5.69 Å². The zero-order chi connectivity index (χ0) is 22.2. The monoisotopic (exact) mass is 449 g/mol. The van der Waals surface area contributed by atoms with Gasteiger partial charge in [0.1, 0.15) is 0 Å². The molecule has 0 radical (unpaired) electrons. The Morgan fingerprint density at radius 3 is 2.56 bits per heavy atom. The number of aromatic nitrogens is 2. The maximum atomic E-state index is 13.3. The largest absolute Gasteiger partial charge is 0.368 e. The number of thiophene rings is 1. The Balaban J connectivity index is 1.28. The second-order valence-corrected chi connectivity index (χ2v) is 9.50. The van der Waals surface area contributed by atoms with Crippen molar-refractivity contribution in [3.05, 3.63) is 68.7 Å². The SMILES string of the molecule is Cc1ccc(C)c(N2CCN(C(=O)c3n[nH]c4c3CN(C(=O)c3cccs3)CC4)CC2)c1. The normalized spacial score (nSPS) is 16.2. The van der Waals surface area contributed by atoms with Crippen LogP contribution in [0.5, 0.6) is 0 Å². The second-order valence-electron chi connectivity index (χ2n) is 8.55. The molecule has 1 saturated heterocycles. The molecule has 0 unspecified atom stereocenters. The zero-order valence-electron chi connectivity index (χ0n) is 18.4. The van der Waals surface area contributed by atoms with Crippen molar-refractivity contribution in [2.75, 3.05) is 37.6 Å². The van der Waals surface area contributed by atoms with E-state index in [9.17, 15) is 9.59 Å². The van der Waals surface area contributed by atoms with E-state index in [1.165, 1.54) is 28.2 Å². The van der Waals surface area contributed by atoms with E-state index in [0.29, 0.717) is 38.3 Å². The van der Waals surface area contributed by atoms with Gasteiger partial charge in [-0.05, 0) is 42.5 Å². The van der Waals surface area contributed by atoms with Gasteiger partial charge in [0.05, 0.1) is 11.4 Å². The van der Waals surface area contributed by atoms with Crippen molar-refractivity contribution >= 4 is 28.8 Å². The number of amides is 2. The molecule has 7 nitrogen and oxygen atoms in total. The molecule has 8 heteroatoms. The lowest BCUT2D eigenvalue weighted by molar-refractivity contribution is 0.0712. The van der Waals surface area contributed by atoms with Gasteiger partial charge < -0.3 is 14.7 Å². The molecule has 0 atom stereocenters. The van der Waals surface area contributed by atoms with Crippen LogP contribution in [-0.4, -0.2) is 64.5 Å². The van der Waals surface area contributed by atoms with Crippen molar-refractivity contribution in [2.24, 2.45) is 0 Å². The lowest BCUT2D eigenvalue weighted by Crippen LogP contribution is -2.49. The van der Waals surface area contributed by atoms with Gasteiger partial charge in [0.25, 0.3) is 11.8 Å². The first-order valence-corrected chi connectivity index (χ1v) is 11.9. The van der Waals surface area contributed by atoms with Crippen molar-refractivity contribution in [3.63, 3.8) is 0 Å². The Morgan fingerprint density at radius 1 is 1.00 bits per heavy atom. The molecule has 32 heavy (non-hydrogen) atoms. The number of hydrogen-bond donors (Lipinski definition) is 1. The number of hydrogen-bond acceptors (Lipinski definition) is 5. The number of benzene rings is 1. The van der Waals surface area contributed by atoms with Gasteiger partial charge in [0.2, 0.25) is 0 Å². The molecule has 0 saturated carbocycles. The molecule has 5 rings (SSSR count). The maximum absolute atomic E-state index is 13.3. The fourth-order valence-corrected chi connectivity index (χ4v) is 5.25. The minimum absolute atomic E-state index is 0.0207. The summed E-state index contributed by atoms with van der Waals surface area (Å²) >= 11 is 1.45. The van der Waals surface area contributed by atoms with Crippen LogP contribution < -0.4 is 4.90 Å². The van der Waals surface area contributed by atoms with E-state index in [-0.39, 0.29) is 11.8 Å². The molecule has 3 aromatic rings. The predicted octanol–water partition coefficient (Wildman–Crippen LogP) is 3.25. The van der Waals surface area contributed by atoms with E-state index in [1.54, 1.807) is 0 Å². The summed E-state index contributed by atoms with van der Waals surface area (Å²) in [7, 11) is 0. The number of aromatic amines is 1. The highest BCUT2D eigenvalue weighted by Crippen LogP contribution is 2.26. The number of carbonyl (C=O) groups is 2. The van der Waals surface area contributed by atoms with Gasteiger partial charge in [0.15, 0.2) is 5.69 Å². The topological polar surface area (TPSA) is 72.5 Å². The van der Waals surface area contributed by atoms with E-state index < -0.39 is 0 Å². The van der Waals surface area contributed by atoms with Crippen LogP contribution in [-0.2, 0) is 13.0 Å². The summed E-state index contributed by atoms with van der Waals surface area (Å²) in [5, 5.41) is 9.32. The Bertz CT molecular complexity index is 1150. The molecule has 0 bridgehead atoms. The van der Waals surface area contributed by atoms with Gasteiger partial charge in [-0.3, -0.25) is 14.7 Å². The average molecular weight is 450 g/mol. The molecule has 2 aliphatic rings. The maximum Gasteiger partial charge on any atom is 0.274 e. The van der Waals surface area contributed by atoms with Crippen molar-refractivity contribution < 1.29 is 9.59 Å². The Kier molecular flexibility index (Phi) is 5.46. The number of aryl methyl sites for hydroxylation is 2. The van der Waals surface area contributed by atoms with Crippen LogP contribution in [0.3, 0.4) is 0 Å². The van der Waals surface area contributed by atoms with Gasteiger partial charge in [-0.15, -0.1) is 11.3 Å². The van der Waals surface area contributed by atoms with Gasteiger partial charge in [-0.2, -0.15) is 5.10 Å². The predicted molar refractivity (Wildman–Crippen MR) is 125 cm³/mol. The average Bonchev–Trinajstić information content (AvgIpc) is 3.50. The molecule has 2 aliphatic heterocycles. The third-order valence-corrected chi connectivity index (χ3v) is 7.29. The molecule has 166 valence electrons. The quantitative estimate of drug-likeness (QED) is 0.666. The summed E-state index contributed by atoms with van der Waals surface area (Å²) < 4.78 is 0. The summed E-state index contributed by atoms with van der Waals surface area (Å²) in [6, 6.07) is 10.2. The minimum Gasteiger partial charge on any atom is -0.368 e. The van der Waals surface area contributed by atoms with Gasteiger partial charge >= 0.3 is 0 Å². The van der Waals surface area contributed by atoms with Gasteiger partial charge in [-0.1, -0.05) is 18.2 Å². The number of H-pyrrole nitrogens is 1. The summed E-state index contributed by atoms with van der Waals surface area (Å²) in [5.74, 6) is -0.0269. The lowest BCUT2D eigenvalue weighted by atomic mass is 10.0. The fraction of sp³-hybridized carbons (Fsp3) is 0.375. The van der Waals surface area contributed by atoms with Crippen LogP contribution in [0.1, 0.15) is 42.5 Å². The molecular weight excluding hydrogens is 422 g/mol. The molecule has 1 N–H and O–H groups in total. The highest BCUT2D eigenvalue weighted by Gasteiger charge is 2.31. The molecule has 1 fully saturated rings. The van der Waals surface area contributed by atoms with Gasteiger partial charge in [0, 0.05) is 56.1 Å². The third kappa shape index (κ3) is 3.79. The summed E-state index contributed by atoms with van der Waals surface area (Å²) in [6.07, 6.45) is 0.688. The number of rotatable bonds is 3. The summed E-state index contributed by atoms with van der Waals surface area (Å²) in [6.45, 7) is 8.20. The molecule has 0 aliphatic carbocycles. The molecule has 2 amide bonds. The Morgan fingerprint density at radius 2 is 1.81 bits per heavy atom. The van der Waals surface area contributed by atoms with Crippen molar-refractivity contribution in [2.45, 2.75) is 26.8 Å². The van der Waals surface area contributed by atoms with Crippen LogP contribution in [0.15, 0.2) is 35.7 Å². The highest BCUT2D eigenvalue weighted by atomic mass is 32.1. The number of fused-ring (bicyclic) bond motifs is 1. The number of nitrogens with one attached hydrogen (secondary N) is 1. The number of carbonyl (C=O) groups excluding carboxylic acids is 2. The van der Waals surface area contributed by atoms with E-state index in [4.69, 9.17) is 0 Å². The first kappa shape index (κ1) is 20.8. The first-order valence-electron chi connectivity index (χ1n) is 11.0. The fourth-order valence-electron chi connectivity index (χ4n) is 4.56. The smallest absolute Gasteiger partial charge is 0.274 e. The van der Waals surface area contributed by atoms with Crippen molar-refractivity contribution in [1.29, 1.82) is 0 Å². The summed E-state index contributed by atoms with van der Waals surface area (Å²) in [4.78, 5) is 32.9. The molecule has 2 aromatic heterocycles. The number of anilines is 1. The van der Waals surface area contributed by atoms with Crippen molar-refractivity contribution in [1.82, 2.24) is 20.0 Å². The van der Waals surface area contributed by atoms with E-state index in [0.717, 1.165) is 29.2 Å². The number of nitrogens with zero attached hydrogens (tertiary/aromatic N) is 4. The Labute approximate surface area is 191 Å². The molecule has 0 spiro atoms. The number of piperazine rings is 1. The summed E-state index contributed by atoms with van der Waals surface area (Å²) in [5.41, 5.74) is 6.04. The minimum atomic E-state index is -0.0477. The van der Waals surface area contributed by atoms with Crippen LogP contribution in [0.2, 0.25) is 0 Å². The van der Waals surface area contributed by atoms with E-state index in [1.807, 2.05) is 27.3 Å². The molecular formula is C24H27N5O2S. The second kappa shape index (κ2) is 8.43. The molecule has 1 aromatic carbocycles. The zero-order valence-corrected chi connectivity index (χ0v) is 19.2. The van der Waals surface area contributed by atoms with Crippen LogP contribution in [0, 0.1) is 13.8 Å². The van der Waals surface area contributed by atoms with E-state index >= 15 is 0 Å². The standard InChI is InChI=1S/C24H27N5O2S/c1-16-5-6-17(2)20(14-16)27-9-11-28(12-10-27)24(31)22-18-15-29(8-7-19(18)25-26-22)23(30)21-4-3-13-32-21/h3-6,13-14H,7-12,15H2,1-2H3,(H,25,26). The van der Waals surface area contributed by atoms with E-state index in [2.05, 4.69) is 47.1 Å². The van der Waals surface area contributed by atoms with Crippen LogP contribution >= 0.6 is 11.3 Å². The van der Waals surface area contributed by atoms with Crippen molar-refractivity contribution in [3.8, 4) is 0 Å².